The molecule has 2 rings (SSSR count). The molecule has 16 heavy (non-hydrogen) atoms. The third kappa shape index (κ3) is 1.47. The fourth-order valence-electron chi connectivity index (χ4n) is 1.28. The zero-order valence-corrected chi connectivity index (χ0v) is 7.56. The fraction of sp³-hybridized carbons (Fsp3) is 0.125. The van der Waals surface area contributed by atoms with Gasteiger partial charge in [0.15, 0.2) is 11.3 Å². The average Bonchev–Trinajstić information content (AvgIpc) is 2.55. The number of rotatable bonds is 1. The van der Waals surface area contributed by atoms with Crippen molar-refractivity contribution in [2.75, 3.05) is 0 Å². The van der Waals surface area contributed by atoms with Crippen molar-refractivity contribution < 1.29 is 23.1 Å². The van der Waals surface area contributed by atoms with Crippen molar-refractivity contribution in [2.24, 2.45) is 0 Å². The number of hydrogen-bond donors (Lipinski definition) is 1. The largest absolute Gasteiger partial charge is 0.477 e. The number of aromatic nitrogens is 3. The maximum atomic E-state index is 12.5. The first kappa shape index (κ1) is 10.4. The summed E-state index contributed by atoms with van der Waals surface area (Å²) in [7, 11) is 0. The molecule has 0 saturated heterocycles. The van der Waals surface area contributed by atoms with E-state index >= 15 is 0 Å². The third-order valence-corrected chi connectivity index (χ3v) is 1.88. The number of alkyl halides is 3. The normalized spacial score (nSPS) is 11.9. The average molecular weight is 231 g/mol. The van der Waals surface area contributed by atoms with Gasteiger partial charge in [-0.2, -0.15) is 18.3 Å². The Morgan fingerprint density at radius 1 is 1.44 bits per heavy atom. The lowest BCUT2D eigenvalue weighted by molar-refractivity contribution is -0.141. The maximum absolute atomic E-state index is 12.5. The van der Waals surface area contributed by atoms with E-state index in [0.717, 1.165) is 4.52 Å². The zero-order valence-electron chi connectivity index (χ0n) is 7.56. The van der Waals surface area contributed by atoms with Crippen molar-refractivity contribution in [2.45, 2.75) is 6.18 Å². The minimum absolute atomic E-state index is 0.331. The molecule has 0 atom stereocenters. The van der Waals surface area contributed by atoms with Crippen LogP contribution in [0, 0.1) is 0 Å². The van der Waals surface area contributed by atoms with Gasteiger partial charge in [0.25, 0.3) is 0 Å². The standard InChI is InChI=1S/C8H4F3N3O2/c9-8(10,11)5-4(7(15)16)6-12-2-1-3-14(6)13-5/h1-3H,(H,15,16). The van der Waals surface area contributed by atoms with Crippen molar-refractivity contribution in [3.63, 3.8) is 0 Å². The topological polar surface area (TPSA) is 67.5 Å². The summed E-state index contributed by atoms with van der Waals surface area (Å²) in [6.45, 7) is 0. The molecule has 0 amide bonds. The third-order valence-electron chi connectivity index (χ3n) is 1.88. The molecule has 0 aliphatic carbocycles. The second-order valence-corrected chi connectivity index (χ2v) is 2.91. The van der Waals surface area contributed by atoms with E-state index in [9.17, 15) is 18.0 Å². The molecule has 0 aromatic carbocycles. The summed E-state index contributed by atoms with van der Waals surface area (Å²) in [5, 5.41) is 11.9. The highest BCUT2D eigenvalue weighted by molar-refractivity contribution is 5.95. The summed E-state index contributed by atoms with van der Waals surface area (Å²) in [4.78, 5) is 14.3. The number of carboxylic acid groups (broad SMARTS) is 1. The van der Waals surface area contributed by atoms with Gasteiger partial charge in [0.1, 0.15) is 5.56 Å². The molecule has 0 radical (unpaired) electrons. The maximum Gasteiger partial charge on any atom is 0.436 e. The lowest BCUT2D eigenvalue weighted by Gasteiger charge is -2.01. The molecule has 2 heterocycles. The molecule has 84 valence electrons. The predicted octanol–water partition coefficient (Wildman–Crippen LogP) is 1.45. The first-order chi connectivity index (χ1) is 7.41. The molecular weight excluding hydrogens is 227 g/mol. The number of halogens is 3. The number of fused-ring (bicyclic) bond motifs is 1. The molecule has 2 aromatic heterocycles. The van der Waals surface area contributed by atoms with Crippen molar-refractivity contribution >= 4 is 11.6 Å². The van der Waals surface area contributed by atoms with Gasteiger partial charge in [-0.15, -0.1) is 0 Å². The predicted molar refractivity (Wildman–Crippen MR) is 44.9 cm³/mol. The Balaban J connectivity index is 2.84. The molecule has 0 aliphatic rings. The van der Waals surface area contributed by atoms with E-state index in [4.69, 9.17) is 5.11 Å². The van der Waals surface area contributed by atoms with Gasteiger partial charge in [0.05, 0.1) is 0 Å². The van der Waals surface area contributed by atoms with E-state index in [-0.39, 0.29) is 5.65 Å². The Bertz CT molecular complexity index is 561. The molecule has 2 aromatic rings. The van der Waals surface area contributed by atoms with Gasteiger partial charge in [-0.25, -0.2) is 14.3 Å². The summed E-state index contributed by atoms with van der Waals surface area (Å²) >= 11 is 0. The van der Waals surface area contributed by atoms with Gasteiger partial charge in [0.2, 0.25) is 0 Å². The lowest BCUT2D eigenvalue weighted by Crippen LogP contribution is -2.12. The molecule has 0 aliphatic heterocycles. The molecule has 0 unspecified atom stereocenters. The van der Waals surface area contributed by atoms with Crippen LogP contribution in [0.15, 0.2) is 18.5 Å². The summed E-state index contributed by atoms with van der Waals surface area (Å²) in [5.41, 5.74) is -2.71. The van der Waals surface area contributed by atoms with E-state index in [0.29, 0.717) is 0 Å². The zero-order chi connectivity index (χ0) is 11.9. The highest BCUT2D eigenvalue weighted by atomic mass is 19.4. The fourth-order valence-corrected chi connectivity index (χ4v) is 1.28. The van der Waals surface area contributed by atoms with E-state index in [1.807, 2.05) is 0 Å². The molecule has 0 saturated carbocycles. The van der Waals surface area contributed by atoms with Gasteiger partial charge in [-0.05, 0) is 6.07 Å². The summed E-state index contributed by atoms with van der Waals surface area (Å²) in [5.74, 6) is -1.71. The second kappa shape index (κ2) is 3.19. The number of nitrogens with zero attached hydrogens (tertiary/aromatic N) is 3. The quantitative estimate of drug-likeness (QED) is 0.806. The SMILES string of the molecule is O=C(O)c1c(C(F)(F)F)nn2cccnc12. The molecular formula is C8H4F3N3O2. The Hall–Kier alpha value is -2.12. The molecule has 0 bridgehead atoms. The Morgan fingerprint density at radius 2 is 2.12 bits per heavy atom. The lowest BCUT2D eigenvalue weighted by atomic mass is 10.2. The van der Waals surface area contributed by atoms with Gasteiger partial charge in [0, 0.05) is 12.4 Å². The van der Waals surface area contributed by atoms with Crippen LogP contribution in [-0.4, -0.2) is 25.7 Å². The van der Waals surface area contributed by atoms with Gasteiger partial charge in [-0.1, -0.05) is 0 Å². The van der Waals surface area contributed by atoms with Crippen molar-refractivity contribution in [3.05, 3.63) is 29.7 Å². The molecule has 8 heteroatoms. The van der Waals surface area contributed by atoms with E-state index in [2.05, 4.69) is 10.1 Å². The van der Waals surface area contributed by atoms with Gasteiger partial charge in [-0.3, -0.25) is 0 Å². The van der Waals surface area contributed by atoms with Crippen LogP contribution in [0.4, 0.5) is 13.2 Å². The minimum atomic E-state index is -4.82. The van der Waals surface area contributed by atoms with Crippen LogP contribution < -0.4 is 0 Å². The molecule has 5 nitrogen and oxygen atoms in total. The molecule has 0 fully saturated rings. The molecule has 0 spiro atoms. The van der Waals surface area contributed by atoms with Crippen LogP contribution in [-0.2, 0) is 6.18 Å². The smallest absolute Gasteiger partial charge is 0.436 e. The highest BCUT2D eigenvalue weighted by Crippen LogP contribution is 2.32. The summed E-state index contributed by atoms with van der Waals surface area (Å²) in [6.07, 6.45) is -2.42. The molecule has 1 N–H and O–H groups in total. The van der Waals surface area contributed by atoms with Crippen molar-refractivity contribution in [1.29, 1.82) is 0 Å². The van der Waals surface area contributed by atoms with Crippen LogP contribution in [0.25, 0.3) is 5.65 Å². The summed E-state index contributed by atoms with van der Waals surface area (Å²) in [6, 6.07) is 1.35. The minimum Gasteiger partial charge on any atom is -0.477 e. The van der Waals surface area contributed by atoms with E-state index < -0.39 is 23.4 Å². The Morgan fingerprint density at radius 3 is 2.69 bits per heavy atom. The number of carbonyl (C=O) groups is 1. The van der Waals surface area contributed by atoms with E-state index in [1.54, 1.807) is 0 Å². The van der Waals surface area contributed by atoms with Gasteiger partial charge >= 0.3 is 12.1 Å². The Labute approximate surface area is 86.1 Å². The second-order valence-electron chi connectivity index (χ2n) is 2.91. The first-order valence-electron chi connectivity index (χ1n) is 4.05. The van der Waals surface area contributed by atoms with Crippen molar-refractivity contribution in [1.82, 2.24) is 14.6 Å². The van der Waals surface area contributed by atoms with Crippen LogP contribution in [0.2, 0.25) is 0 Å². The highest BCUT2D eigenvalue weighted by Gasteiger charge is 2.40. The Kier molecular flexibility index (Phi) is 2.07. The monoisotopic (exact) mass is 231 g/mol. The van der Waals surface area contributed by atoms with Crippen LogP contribution in [0.5, 0.6) is 0 Å². The van der Waals surface area contributed by atoms with Crippen LogP contribution >= 0.6 is 0 Å². The van der Waals surface area contributed by atoms with Crippen molar-refractivity contribution in [3.8, 4) is 0 Å². The number of aromatic carboxylic acids is 1. The van der Waals surface area contributed by atoms with Gasteiger partial charge < -0.3 is 5.11 Å². The van der Waals surface area contributed by atoms with E-state index in [1.165, 1.54) is 18.5 Å². The number of hydrogen-bond acceptors (Lipinski definition) is 3. The van der Waals surface area contributed by atoms with Crippen LogP contribution in [0.1, 0.15) is 16.1 Å². The summed E-state index contributed by atoms with van der Waals surface area (Å²) < 4.78 is 38.2. The van der Waals surface area contributed by atoms with Crippen LogP contribution in [0.3, 0.4) is 0 Å². The first-order valence-corrected chi connectivity index (χ1v) is 4.05. The number of carboxylic acids is 1.